The molecule has 0 unspecified atom stereocenters. The molecule has 5 nitrogen and oxygen atoms in total. The van der Waals surface area contributed by atoms with Crippen molar-refractivity contribution in [2.75, 3.05) is 19.7 Å². The third-order valence-electron chi connectivity index (χ3n) is 2.73. The average molecular weight is 294 g/mol. The number of rotatable bonds is 5. The summed E-state index contributed by atoms with van der Waals surface area (Å²) < 4.78 is 39.1. The highest BCUT2D eigenvalue weighted by Gasteiger charge is 2.29. The monoisotopic (exact) mass is 294 g/mol. The first-order chi connectivity index (χ1) is 9.37. The lowest BCUT2D eigenvalue weighted by molar-refractivity contribution is -0.160. The van der Waals surface area contributed by atoms with Crippen LogP contribution >= 0.6 is 0 Å². The van der Waals surface area contributed by atoms with Gasteiger partial charge in [-0.15, -0.1) is 0 Å². The predicted molar refractivity (Wildman–Crippen MR) is 64.9 cm³/mol. The maximum Gasteiger partial charge on any atom is 0.422 e. The molecule has 0 saturated carbocycles. The van der Waals surface area contributed by atoms with Crippen molar-refractivity contribution in [1.82, 2.24) is 10.6 Å². The van der Waals surface area contributed by atoms with E-state index in [-0.39, 0.29) is 0 Å². The lowest BCUT2D eigenvalue weighted by Gasteiger charge is -2.18. The molecule has 2 amide bonds. The lowest BCUT2D eigenvalue weighted by Crippen LogP contribution is -2.39. The lowest BCUT2D eigenvalue weighted by atomic mass is 9.94. The SMILES string of the molecule is O=C(CNC(=O)OCC(F)(F)F)NC[C@@H]1CC=CCC1. The van der Waals surface area contributed by atoms with Crippen molar-refractivity contribution in [3.05, 3.63) is 12.2 Å². The number of allylic oxidation sites excluding steroid dienone is 2. The molecule has 0 spiro atoms. The second-order valence-electron chi connectivity index (χ2n) is 4.50. The molecule has 0 aromatic rings. The fourth-order valence-electron chi connectivity index (χ4n) is 1.71. The Morgan fingerprint density at radius 2 is 2.00 bits per heavy atom. The Bertz CT molecular complexity index is 369. The van der Waals surface area contributed by atoms with Crippen LogP contribution in [0.5, 0.6) is 0 Å². The van der Waals surface area contributed by atoms with Crippen molar-refractivity contribution in [3.8, 4) is 0 Å². The van der Waals surface area contributed by atoms with E-state index in [1.54, 1.807) is 0 Å². The van der Waals surface area contributed by atoms with Gasteiger partial charge in [0.15, 0.2) is 6.61 Å². The molecule has 2 N–H and O–H groups in total. The van der Waals surface area contributed by atoms with Gasteiger partial charge in [-0.2, -0.15) is 13.2 Å². The minimum atomic E-state index is -4.58. The van der Waals surface area contributed by atoms with Crippen molar-refractivity contribution in [1.29, 1.82) is 0 Å². The van der Waals surface area contributed by atoms with E-state index in [0.29, 0.717) is 12.5 Å². The maximum atomic E-state index is 11.8. The van der Waals surface area contributed by atoms with Crippen LogP contribution in [-0.4, -0.2) is 37.9 Å². The normalized spacial score (nSPS) is 18.4. The second kappa shape index (κ2) is 7.76. The maximum absolute atomic E-state index is 11.8. The Labute approximate surface area is 114 Å². The summed E-state index contributed by atoms with van der Waals surface area (Å²) in [6.45, 7) is -1.59. The molecule has 0 aromatic heterocycles. The number of hydrogen-bond acceptors (Lipinski definition) is 3. The Hall–Kier alpha value is -1.73. The number of amides is 2. The number of nitrogens with one attached hydrogen (secondary N) is 2. The number of carbonyl (C=O) groups excluding carboxylic acids is 2. The van der Waals surface area contributed by atoms with Gasteiger partial charge >= 0.3 is 12.3 Å². The molecule has 0 fully saturated rings. The van der Waals surface area contributed by atoms with E-state index >= 15 is 0 Å². The van der Waals surface area contributed by atoms with Crippen LogP contribution in [0, 0.1) is 5.92 Å². The first-order valence-electron chi connectivity index (χ1n) is 6.26. The summed E-state index contributed by atoms with van der Waals surface area (Å²) in [4.78, 5) is 22.2. The van der Waals surface area contributed by atoms with Gasteiger partial charge in [0.2, 0.25) is 5.91 Å². The number of halogens is 3. The van der Waals surface area contributed by atoms with Crippen LogP contribution < -0.4 is 10.6 Å². The van der Waals surface area contributed by atoms with Gasteiger partial charge < -0.3 is 15.4 Å². The van der Waals surface area contributed by atoms with Crippen LogP contribution in [0.3, 0.4) is 0 Å². The largest absolute Gasteiger partial charge is 0.440 e. The van der Waals surface area contributed by atoms with Gasteiger partial charge in [0.1, 0.15) is 0 Å². The standard InChI is InChI=1S/C12H17F3N2O3/c13-12(14,15)8-20-11(19)17-7-10(18)16-6-9-4-2-1-3-5-9/h1-2,9H,3-8H2,(H,16,18)(H,17,19)/t9-/m1/s1. The van der Waals surface area contributed by atoms with Gasteiger partial charge in [-0.3, -0.25) is 4.79 Å². The molecule has 0 saturated heterocycles. The van der Waals surface area contributed by atoms with E-state index in [2.05, 4.69) is 16.1 Å². The number of ether oxygens (including phenoxy) is 1. The molecular weight excluding hydrogens is 277 g/mol. The molecule has 1 aliphatic carbocycles. The third-order valence-corrected chi connectivity index (χ3v) is 2.73. The highest BCUT2D eigenvalue weighted by Crippen LogP contribution is 2.16. The minimum absolute atomic E-state index is 0.362. The molecule has 8 heteroatoms. The zero-order valence-corrected chi connectivity index (χ0v) is 10.8. The summed E-state index contributed by atoms with van der Waals surface area (Å²) in [6.07, 6.45) is 1.14. The number of alkyl carbamates (subject to hydrolysis) is 1. The van der Waals surface area contributed by atoms with Crippen LogP contribution in [0.4, 0.5) is 18.0 Å². The fraction of sp³-hybridized carbons (Fsp3) is 0.667. The van der Waals surface area contributed by atoms with Crippen molar-refractivity contribution in [2.24, 2.45) is 5.92 Å². The summed E-state index contributed by atoms with van der Waals surface area (Å²) in [7, 11) is 0. The van der Waals surface area contributed by atoms with E-state index in [4.69, 9.17) is 0 Å². The molecule has 114 valence electrons. The predicted octanol–water partition coefficient (Wildman–Crippen LogP) is 1.75. The van der Waals surface area contributed by atoms with Gasteiger partial charge in [-0.25, -0.2) is 4.79 Å². The Kier molecular flexibility index (Phi) is 6.33. The van der Waals surface area contributed by atoms with E-state index in [0.717, 1.165) is 19.3 Å². The van der Waals surface area contributed by atoms with E-state index in [1.165, 1.54) is 0 Å². The molecule has 20 heavy (non-hydrogen) atoms. The van der Waals surface area contributed by atoms with E-state index in [1.807, 2.05) is 11.4 Å². The van der Waals surface area contributed by atoms with Gasteiger partial charge in [0, 0.05) is 6.54 Å². The second-order valence-corrected chi connectivity index (χ2v) is 4.50. The average Bonchev–Trinajstić information content (AvgIpc) is 2.41. The van der Waals surface area contributed by atoms with Crippen LogP contribution in [0.25, 0.3) is 0 Å². The first-order valence-corrected chi connectivity index (χ1v) is 6.26. The zero-order chi connectivity index (χ0) is 15.0. The highest BCUT2D eigenvalue weighted by molar-refractivity contribution is 5.82. The zero-order valence-electron chi connectivity index (χ0n) is 10.8. The molecule has 0 aromatic carbocycles. The molecule has 1 rings (SSSR count). The number of alkyl halides is 3. The highest BCUT2D eigenvalue weighted by atomic mass is 19.4. The van der Waals surface area contributed by atoms with Gasteiger partial charge in [0.05, 0.1) is 6.54 Å². The van der Waals surface area contributed by atoms with Crippen molar-refractivity contribution in [2.45, 2.75) is 25.4 Å². The molecule has 1 aliphatic rings. The minimum Gasteiger partial charge on any atom is -0.440 e. The Morgan fingerprint density at radius 3 is 2.60 bits per heavy atom. The van der Waals surface area contributed by atoms with Crippen molar-refractivity contribution < 1.29 is 27.5 Å². The van der Waals surface area contributed by atoms with Crippen LogP contribution in [0.15, 0.2) is 12.2 Å². The van der Waals surface area contributed by atoms with Gasteiger partial charge in [-0.1, -0.05) is 12.2 Å². The van der Waals surface area contributed by atoms with Gasteiger partial charge in [0.25, 0.3) is 0 Å². The summed E-state index contributed by atoms with van der Waals surface area (Å²) in [5.74, 6) is -0.0929. The molecule has 1 atom stereocenters. The van der Waals surface area contributed by atoms with Crippen molar-refractivity contribution >= 4 is 12.0 Å². The van der Waals surface area contributed by atoms with E-state index in [9.17, 15) is 22.8 Å². The summed E-state index contributed by atoms with van der Waals surface area (Å²) in [5, 5.41) is 4.57. The summed E-state index contributed by atoms with van der Waals surface area (Å²) in [6, 6.07) is 0. The molecular formula is C12H17F3N2O3. The van der Waals surface area contributed by atoms with Crippen LogP contribution in [0.2, 0.25) is 0 Å². The molecule has 0 aliphatic heterocycles. The van der Waals surface area contributed by atoms with Crippen molar-refractivity contribution in [3.63, 3.8) is 0 Å². The van der Waals surface area contributed by atoms with Crippen LogP contribution in [0.1, 0.15) is 19.3 Å². The number of hydrogen-bond donors (Lipinski definition) is 2. The summed E-state index contributed by atoms with van der Waals surface area (Å²) >= 11 is 0. The molecule has 0 heterocycles. The third kappa shape index (κ3) is 7.65. The van der Waals surface area contributed by atoms with Crippen LogP contribution in [-0.2, 0) is 9.53 Å². The first kappa shape index (κ1) is 16.3. The molecule has 0 bridgehead atoms. The smallest absolute Gasteiger partial charge is 0.422 e. The Morgan fingerprint density at radius 1 is 1.25 bits per heavy atom. The van der Waals surface area contributed by atoms with Gasteiger partial charge in [-0.05, 0) is 25.2 Å². The van der Waals surface area contributed by atoms with E-state index < -0.39 is 31.3 Å². The fourth-order valence-corrected chi connectivity index (χ4v) is 1.71. The quantitative estimate of drug-likeness (QED) is 0.759. The summed E-state index contributed by atoms with van der Waals surface area (Å²) in [5.41, 5.74) is 0. The topological polar surface area (TPSA) is 67.4 Å². The molecule has 0 radical (unpaired) electrons. The number of carbonyl (C=O) groups is 2. The Balaban J connectivity index is 2.10.